The molecule has 0 bridgehead atoms. The average molecular weight is 250 g/mol. The summed E-state index contributed by atoms with van der Waals surface area (Å²) in [6.45, 7) is 4.15. The molecule has 0 aliphatic heterocycles. The van der Waals surface area contributed by atoms with Crippen molar-refractivity contribution in [1.82, 2.24) is 9.55 Å². The van der Waals surface area contributed by atoms with Crippen molar-refractivity contribution in [1.29, 1.82) is 0 Å². The predicted molar refractivity (Wildman–Crippen MR) is 69.2 cm³/mol. The molecule has 0 aliphatic carbocycles. The molecule has 4 heteroatoms. The number of hydrogen-bond acceptors (Lipinski definition) is 1. The van der Waals surface area contributed by atoms with E-state index < -0.39 is 0 Å². The third-order valence-electron chi connectivity index (χ3n) is 2.99. The van der Waals surface area contributed by atoms with Gasteiger partial charge in [0.15, 0.2) is 4.77 Å². The van der Waals surface area contributed by atoms with Gasteiger partial charge in [0.1, 0.15) is 5.82 Å². The van der Waals surface area contributed by atoms with Crippen LogP contribution in [-0.2, 0) is 6.42 Å². The molecule has 1 aromatic heterocycles. The van der Waals surface area contributed by atoms with Crippen molar-refractivity contribution in [2.75, 3.05) is 0 Å². The van der Waals surface area contributed by atoms with Crippen LogP contribution in [0.25, 0.3) is 0 Å². The molecule has 0 saturated heterocycles. The van der Waals surface area contributed by atoms with Gasteiger partial charge < -0.3 is 9.55 Å². The number of imidazole rings is 1. The number of aromatic amines is 1. The lowest BCUT2D eigenvalue weighted by molar-refractivity contribution is 0.596. The van der Waals surface area contributed by atoms with Crippen LogP contribution < -0.4 is 0 Å². The highest BCUT2D eigenvalue weighted by Gasteiger charge is 2.12. The Hall–Kier alpha value is -1.42. The zero-order valence-corrected chi connectivity index (χ0v) is 10.7. The van der Waals surface area contributed by atoms with Gasteiger partial charge in [-0.3, -0.25) is 0 Å². The fraction of sp³-hybridized carbons (Fsp3) is 0.308. The van der Waals surface area contributed by atoms with Gasteiger partial charge in [-0.05, 0) is 43.3 Å². The Balaban J connectivity index is 2.43. The summed E-state index contributed by atoms with van der Waals surface area (Å²) in [5.41, 5.74) is 2.21. The van der Waals surface area contributed by atoms with Crippen molar-refractivity contribution in [2.45, 2.75) is 26.3 Å². The number of halogens is 1. The van der Waals surface area contributed by atoms with E-state index >= 15 is 0 Å². The van der Waals surface area contributed by atoms with Gasteiger partial charge in [-0.15, -0.1) is 0 Å². The highest BCUT2D eigenvalue weighted by Crippen LogP contribution is 2.21. The summed E-state index contributed by atoms with van der Waals surface area (Å²) in [5.74, 6) is -0.214. The van der Waals surface area contributed by atoms with Crippen LogP contribution >= 0.6 is 12.2 Å². The Morgan fingerprint density at radius 2 is 2.00 bits per heavy atom. The molecule has 0 amide bonds. The molecule has 0 spiro atoms. The van der Waals surface area contributed by atoms with Gasteiger partial charge in [0.25, 0.3) is 0 Å². The second-order valence-corrected chi connectivity index (χ2v) is 4.42. The maximum Gasteiger partial charge on any atom is 0.177 e. The first-order valence-corrected chi connectivity index (χ1v) is 6.08. The largest absolute Gasteiger partial charge is 0.337 e. The highest BCUT2D eigenvalue weighted by atomic mass is 32.1. The van der Waals surface area contributed by atoms with Crippen LogP contribution in [0.4, 0.5) is 4.39 Å². The molecular formula is C13H15FN2S. The van der Waals surface area contributed by atoms with E-state index in [2.05, 4.69) is 23.4 Å². The Morgan fingerprint density at radius 3 is 2.59 bits per heavy atom. The van der Waals surface area contributed by atoms with Gasteiger partial charge in [-0.2, -0.15) is 0 Å². The Morgan fingerprint density at radius 1 is 1.35 bits per heavy atom. The molecule has 1 N–H and O–H groups in total. The molecule has 0 saturated carbocycles. The van der Waals surface area contributed by atoms with E-state index in [-0.39, 0.29) is 11.9 Å². The van der Waals surface area contributed by atoms with Crippen LogP contribution in [0.5, 0.6) is 0 Å². The number of benzene rings is 1. The summed E-state index contributed by atoms with van der Waals surface area (Å²) in [6.07, 6.45) is 2.85. The number of aromatic nitrogens is 2. The minimum absolute atomic E-state index is 0.115. The van der Waals surface area contributed by atoms with Crippen molar-refractivity contribution >= 4 is 12.2 Å². The number of aryl methyl sites for hydroxylation is 1. The first kappa shape index (κ1) is 12.0. The van der Waals surface area contributed by atoms with Gasteiger partial charge in [0.05, 0.1) is 6.04 Å². The molecule has 2 nitrogen and oxygen atoms in total. The minimum Gasteiger partial charge on any atom is -0.337 e. The highest BCUT2D eigenvalue weighted by molar-refractivity contribution is 7.71. The molecule has 0 fully saturated rings. The maximum atomic E-state index is 12.9. The Bertz CT molecular complexity index is 554. The molecule has 1 atom stereocenters. The minimum atomic E-state index is -0.214. The van der Waals surface area contributed by atoms with Gasteiger partial charge >= 0.3 is 0 Å². The maximum absolute atomic E-state index is 12.9. The van der Waals surface area contributed by atoms with Crippen LogP contribution in [0.15, 0.2) is 30.5 Å². The van der Waals surface area contributed by atoms with Crippen LogP contribution in [0, 0.1) is 10.6 Å². The van der Waals surface area contributed by atoms with Crippen LogP contribution in [0.1, 0.15) is 31.1 Å². The second-order valence-electron chi connectivity index (χ2n) is 4.04. The van der Waals surface area contributed by atoms with E-state index in [9.17, 15) is 4.39 Å². The molecule has 90 valence electrons. The number of nitrogens with zero attached hydrogens (tertiary/aromatic N) is 1. The van der Waals surface area contributed by atoms with Crippen molar-refractivity contribution in [3.63, 3.8) is 0 Å². The third-order valence-corrected chi connectivity index (χ3v) is 3.31. The molecule has 1 heterocycles. The fourth-order valence-corrected chi connectivity index (χ4v) is 2.34. The normalized spacial score (nSPS) is 12.6. The van der Waals surface area contributed by atoms with Crippen molar-refractivity contribution in [3.05, 3.63) is 52.3 Å². The van der Waals surface area contributed by atoms with Crippen molar-refractivity contribution in [3.8, 4) is 0 Å². The van der Waals surface area contributed by atoms with E-state index in [1.54, 1.807) is 12.1 Å². The number of H-pyrrole nitrogens is 1. The molecular weight excluding hydrogens is 235 g/mol. The van der Waals surface area contributed by atoms with Crippen molar-refractivity contribution in [2.24, 2.45) is 0 Å². The lowest BCUT2D eigenvalue weighted by atomic mass is 10.1. The van der Waals surface area contributed by atoms with Crippen molar-refractivity contribution < 1.29 is 4.39 Å². The van der Waals surface area contributed by atoms with Gasteiger partial charge in [0, 0.05) is 11.9 Å². The predicted octanol–water partition coefficient (Wildman–Crippen LogP) is 3.86. The van der Waals surface area contributed by atoms with E-state index in [1.165, 1.54) is 12.1 Å². The molecule has 0 aliphatic rings. The molecule has 0 radical (unpaired) electrons. The van der Waals surface area contributed by atoms with Gasteiger partial charge in [-0.25, -0.2) is 4.39 Å². The average Bonchev–Trinajstić information content (AvgIpc) is 2.70. The molecule has 2 aromatic rings. The summed E-state index contributed by atoms with van der Waals surface area (Å²) in [4.78, 5) is 3.05. The Kier molecular flexibility index (Phi) is 3.43. The summed E-state index contributed by atoms with van der Waals surface area (Å²) in [7, 11) is 0. The standard InChI is InChI=1S/C13H15FN2S/c1-3-12-8-15-13(17)16(12)9(2)10-4-6-11(14)7-5-10/h4-9H,3H2,1-2H3,(H,15,17). The van der Waals surface area contributed by atoms with Crippen LogP contribution in [0.3, 0.4) is 0 Å². The second kappa shape index (κ2) is 4.84. The van der Waals surface area contributed by atoms with Gasteiger partial charge in [0.2, 0.25) is 0 Å². The first-order chi connectivity index (χ1) is 8.13. The van der Waals surface area contributed by atoms with E-state index in [1.807, 2.05) is 6.20 Å². The summed E-state index contributed by atoms with van der Waals surface area (Å²) in [6, 6.07) is 6.67. The smallest absolute Gasteiger partial charge is 0.177 e. The fourth-order valence-electron chi connectivity index (χ4n) is 2.00. The first-order valence-electron chi connectivity index (χ1n) is 5.67. The molecule has 17 heavy (non-hydrogen) atoms. The zero-order chi connectivity index (χ0) is 12.4. The van der Waals surface area contributed by atoms with E-state index in [0.717, 1.165) is 17.7 Å². The quantitative estimate of drug-likeness (QED) is 0.820. The summed E-state index contributed by atoms with van der Waals surface area (Å²) in [5, 5.41) is 0. The zero-order valence-electron chi connectivity index (χ0n) is 9.90. The summed E-state index contributed by atoms with van der Waals surface area (Å²) >= 11 is 5.27. The monoisotopic (exact) mass is 250 g/mol. The van der Waals surface area contributed by atoms with E-state index in [4.69, 9.17) is 12.2 Å². The number of rotatable bonds is 3. The molecule has 1 aromatic carbocycles. The summed E-state index contributed by atoms with van der Waals surface area (Å²) < 4.78 is 15.7. The van der Waals surface area contributed by atoms with Crippen LogP contribution in [0.2, 0.25) is 0 Å². The third kappa shape index (κ3) is 2.31. The lowest BCUT2D eigenvalue weighted by Crippen LogP contribution is -2.10. The van der Waals surface area contributed by atoms with Gasteiger partial charge in [-0.1, -0.05) is 19.1 Å². The topological polar surface area (TPSA) is 20.7 Å². The SMILES string of the molecule is CCc1c[nH]c(=S)n1C(C)c1ccc(F)cc1. The molecule has 2 rings (SSSR count). The van der Waals surface area contributed by atoms with Crippen LogP contribution in [-0.4, -0.2) is 9.55 Å². The number of hydrogen-bond donors (Lipinski definition) is 1. The Labute approximate surface area is 105 Å². The lowest BCUT2D eigenvalue weighted by Gasteiger charge is -2.16. The van der Waals surface area contributed by atoms with E-state index in [0.29, 0.717) is 4.77 Å². The number of nitrogens with one attached hydrogen (secondary N) is 1. The molecule has 1 unspecified atom stereocenters.